The number of allylic oxidation sites excluding steroid dienone is 1. The molecule has 0 saturated carbocycles. The van der Waals surface area contributed by atoms with Crippen LogP contribution in [0, 0.1) is 0 Å². The minimum absolute atomic E-state index is 0.113. The molecule has 0 spiro atoms. The second-order valence-electron chi connectivity index (χ2n) is 6.61. The number of amides is 1. The maximum atomic E-state index is 12.4. The van der Waals surface area contributed by atoms with Crippen LogP contribution in [0.5, 0.6) is 0 Å². The fraction of sp³-hybridized carbons (Fsp3) is 0.182. The lowest BCUT2D eigenvalue weighted by molar-refractivity contribution is -0.113. The van der Waals surface area contributed by atoms with Gasteiger partial charge in [-0.3, -0.25) is 4.79 Å². The fourth-order valence-corrected chi connectivity index (χ4v) is 4.68. The summed E-state index contributed by atoms with van der Waals surface area (Å²) in [5, 5.41) is 12.8. The van der Waals surface area contributed by atoms with Gasteiger partial charge in [0, 0.05) is 13.0 Å². The van der Waals surface area contributed by atoms with Crippen molar-refractivity contribution in [3.8, 4) is 0 Å². The summed E-state index contributed by atoms with van der Waals surface area (Å²) in [5.41, 5.74) is 2.15. The lowest BCUT2D eigenvalue weighted by Gasteiger charge is -2.07. The van der Waals surface area contributed by atoms with E-state index in [1.165, 1.54) is 28.7 Å². The van der Waals surface area contributed by atoms with Crippen LogP contribution in [0.25, 0.3) is 10.2 Å². The van der Waals surface area contributed by atoms with Gasteiger partial charge in [0.15, 0.2) is 10.3 Å². The van der Waals surface area contributed by atoms with Crippen molar-refractivity contribution in [1.29, 1.82) is 0 Å². The predicted molar refractivity (Wildman–Crippen MR) is 123 cm³/mol. The number of carbonyl (C=O) groups excluding carboxylic acids is 1. The van der Waals surface area contributed by atoms with E-state index in [-0.39, 0.29) is 11.7 Å². The number of thioether (sulfide) groups is 1. The molecule has 1 N–H and O–H groups in total. The molecule has 0 bridgehead atoms. The van der Waals surface area contributed by atoms with E-state index < -0.39 is 0 Å². The van der Waals surface area contributed by atoms with Gasteiger partial charge >= 0.3 is 0 Å². The van der Waals surface area contributed by atoms with Crippen LogP contribution >= 0.6 is 23.1 Å². The summed E-state index contributed by atoms with van der Waals surface area (Å²) in [6.45, 7) is 4.45. The first-order chi connectivity index (χ1) is 14.7. The first kappa shape index (κ1) is 20.3. The summed E-state index contributed by atoms with van der Waals surface area (Å²) in [6.07, 6.45) is 3.49. The first-order valence-corrected chi connectivity index (χ1v) is 11.4. The first-order valence-electron chi connectivity index (χ1n) is 9.58. The molecule has 0 radical (unpaired) electrons. The third-order valence-corrected chi connectivity index (χ3v) is 6.38. The van der Waals surface area contributed by atoms with Gasteiger partial charge in [0.25, 0.3) is 0 Å². The second kappa shape index (κ2) is 9.69. The van der Waals surface area contributed by atoms with E-state index >= 15 is 0 Å². The lowest BCUT2D eigenvalue weighted by atomic mass is 10.1. The Morgan fingerprint density at radius 3 is 2.70 bits per heavy atom. The molecule has 8 heteroatoms. The van der Waals surface area contributed by atoms with Crippen LogP contribution < -0.4 is 5.32 Å². The van der Waals surface area contributed by atoms with Crippen LogP contribution in [0.15, 0.2) is 72.4 Å². The molecule has 0 aliphatic heterocycles. The topological polar surface area (TPSA) is 72.7 Å². The number of benzene rings is 2. The van der Waals surface area contributed by atoms with Crippen LogP contribution in [0.4, 0.5) is 5.13 Å². The van der Waals surface area contributed by atoms with Crippen molar-refractivity contribution in [3.05, 3.63) is 78.6 Å². The summed E-state index contributed by atoms with van der Waals surface area (Å²) in [4.78, 5) is 16.8. The number of aromatic nitrogens is 4. The molecule has 2 heterocycles. The zero-order valence-electron chi connectivity index (χ0n) is 16.3. The normalized spacial score (nSPS) is 10.9. The molecule has 30 heavy (non-hydrogen) atoms. The van der Waals surface area contributed by atoms with Crippen LogP contribution in [0.3, 0.4) is 0 Å². The molecule has 1 amide bonds. The van der Waals surface area contributed by atoms with E-state index in [1.807, 2.05) is 53.1 Å². The van der Waals surface area contributed by atoms with Crippen molar-refractivity contribution in [3.63, 3.8) is 0 Å². The third kappa shape index (κ3) is 4.95. The Morgan fingerprint density at radius 2 is 1.90 bits per heavy atom. The van der Waals surface area contributed by atoms with E-state index in [2.05, 4.69) is 39.2 Å². The Balaban J connectivity index is 1.37. The summed E-state index contributed by atoms with van der Waals surface area (Å²) < 4.78 is 3.07. The molecule has 0 unspecified atom stereocenters. The van der Waals surface area contributed by atoms with Crippen LogP contribution in [-0.4, -0.2) is 31.4 Å². The molecule has 0 saturated heterocycles. The SMILES string of the molecule is C=CCn1c(CCc2ccccc2)nnc1SCC(=O)Nc1nc2ccccc2s1. The Bertz CT molecular complexity index is 1120. The Morgan fingerprint density at radius 1 is 1.10 bits per heavy atom. The number of para-hydroxylation sites is 1. The summed E-state index contributed by atoms with van der Waals surface area (Å²) in [5.74, 6) is 1.02. The summed E-state index contributed by atoms with van der Waals surface area (Å²) in [7, 11) is 0. The standard InChI is InChI=1S/C22H21N5OS2/c1-2-14-27-19(13-12-16-8-4-3-5-9-16)25-26-22(27)29-15-20(28)24-21-23-17-10-6-7-11-18(17)30-21/h2-11H,1,12-15H2,(H,23,24,28). The van der Waals surface area contributed by atoms with Crippen molar-refractivity contribution in [2.45, 2.75) is 24.5 Å². The van der Waals surface area contributed by atoms with E-state index in [0.29, 0.717) is 11.7 Å². The van der Waals surface area contributed by atoms with Gasteiger partial charge in [-0.15, -0.1) is 16.8 Å². The molecule has 0 atom stereocenters. The molecule has 0 fully saturated rings. The Labute approximate surface area is 183 Å². The number of hydrogen-bond donors (Lipinski definition) is 1. The number of nitrogens with zero attached hydrogens (tertiary/aromatic N) is 4. The Hall–Kier alpha value is -2.97. The predicted octanol–water partition coefficient (Wildman–Crippen LogP) is 4.59. The van der Waals surface area contributed by atoms with Crippen molar-refractivity contribution in [2.24, 2.45) is 0 Å². The van der Waals surface area contributed by atoms with Gasteiger partial charge in [-0.25, -0.2) is 4.98 Å². The lowest BCUT2D eigenvalue weighted by Crippen LogP contribution is -2.14. The van der Waals surface area contributed by atoms with Crippen LogP contribution in [0.1, 0.15) is 11.4 Å². The maximum absolute atomic E-state index is 12.4. The molecule has 2 aromatic carbocycles. The average Bonchev–Trinajstić information content (AvgIpc) is 3.35. The number of anilines is 1. The molecule has 2 aromatic heterocycles. The van der Waals surface area contributed by atoms with E-state index in [1.54, 1.807) is 0 Å². The Kier molecular flexibility index (Phi) is 6.56. The zero-order valence-corrected chi connectivity index (χ0v) is 18.0. The quantitative estimate of drug-likeness (QED) is 0.307. The molecule has 6 nitrogen and oxygen atoms in total. The summed E-state index contributed by atoms with van der Waals surface area (Å²) >= 11 is 2.84. The van der Waals surface area contributed by atoms with Crippen LogP contribution in [-0.2, 0) is 24.2 Å². The van der Waals surface area contributed by atoms with Gasteiger partial charge in [0.05, 0.1) is 16.0 Å². The van der Waals surface area contributed by atoms with Gasteiger partial charge in [-0.05, 0) is 24.1 Å². The molecule has 0 aliphatic rings. The number of thiazole rings is 1. The molecule has 4 aromatic rings. The highest BCUT2D eigenvalue weighted by atomic mass is 32.2. The van der Waals surface area contributed by atoms with Gasteiger partial charge in [0.2, 0.25) is 5.91 Å². The smallest absolute Gasteiger partial charge is 0.236 e. The van der Waals surface area contributed by atoms with Crippen LogP contribution in [0.2, 0.25) is 0 Å². The van der Waals surface area contributed by atoms with Crippen molar-refractivity contribution >= 4 is 44.4 Å². The molecule has 152 valence electrons. The summed E-state index contributed by atoms with van der Waals surface area (Å²) in [6, 6.07) is 18.1. The number of nitrogens with one attached hydrogen (secondary N) is 1. The van der Waals surface area contributed by atoms with Gasteiger partial charge in [0.1, 0.15) is 5.82 Å². The highest BCUT2D eigenvalue weighted by Crippen LogP contribution is 2.26. The second-order valence-corrected chi connectivity index (χ2v) is 8.58. The monoisotopic (exact) mass is 435 g/mol. The zero-order chi connectivity index (χ0) is 20.8. The number of carbonyl (C=O) groups is 1. The molecule has 4 rings (SSSR count). The van der Waals surface area contributed by atoms with Gasteiger partial charge in [-0.1, -0.05) is 71.6 Å². The van der Waals surface area contributed by atoms with Crippen molar-refractivity contribution in [2.75, 3.05) is 11.1 Å². The number of fused-ring (bicyclic) bond motifs is 1. The minimum Gasteiger partial charge on any atom is -0.302 e. The number of hydrogen-bond acceptors (Lipinski definition) is 6. The average molecular weight is 436 g/mol. The largest absolute Gasteiger partial charge is 0.302 e. The minimum atomic E-state index is -0.113. The third-order valence-electron chi connectivity index (χ3n) is 4.46. The van der Waals surface area contributed by atoms with E-state index in [9.17, 15) is 4.79 Å². The molecule has 0 aliphatic carbocycles. The van der Waals surface area contributed by atoms with Crippen molar-refractivity contribution < 1.29 is 4.79 Å². The fourth-order valence-electron chi connectivity index (χ4n) is 3.04. The number of rotatable bonds is 9. The van der Waals surface area contributed by atoms with Crippen molar-refractivity contribution in [1.82, 2.24) is 19.7 Å². The number of aryl methyl sites for hydroxylation is 2. The van der Waals surface area contributed by atoms with E-state index in [0.717, 1.165) is 34.0 Å². The maximum Gasteiger partial charge on any atom is 0.236 e. The van der Waals surface area contributed by atoms with Gasteiger partial charge in [-0.2, -0.15) is 0 Å². The highest BCUT2D eigenvalue weighted by Gasteiger charge is 2.14. The highest BCUT2D eigenvalue weighted by molar-refractivity contribution is 7.99. The van der Waals surface area contributed by atoms with E-state index in [4.69, 9.17) is 0 Å². The van der Waals surface area contributed by atoms with Gasteiger partial charge < -0.3 is 9.88 Å². The molecular formula is C22H21N5OS2. The molecular weight excluding hydrogens is 414 g/mol.